The second kappa shape index (κ2) is 8.74. The number of nitrogens with zero attached hydrogens (tertiary/aromatic N) is 1. The van der Waals surface area contributed by atoms with Crippen molar-refractivity contribution in [3.63, 3.8) is 0 Å². The van der Waals surface area contributed by atoms with Gasteiger partial charge in [-0.05, 0) is 67.9 Å². The molecule has 3 nitrogen and oxygen atoms in total. The van der Waals surface area contributed by atoms with Crippen molar-refractivity contribution in [1.82, 2.24) is 0 Å². The molecule has 1 amide bonds. The van der Waals surface area contributed by atoms with E-state index in [0.29, 0.717) is 17.5 Å². The van der Waals surface area contributed by atoms with Crippen molar-refractivity contribution in [2.45, 2.75) is 26.3 Å². The predicted octanol–water partition coefficient (Wildman–Crippen LogP) is 6.07. The number of benzene rings is 3. The molecule has 138 valence electrons. The fourth-order valence-electron chi connectivity index (χ4n) is 3.03. The highest BCUT2D eigenvalue weighted by Crippen LogP contribution is 2.28. The molecule has 0 atom stereocenters. The SMILES string of the molecule is CC(C)N(c1ccccc1)c1ccc(NC(=O)Cc2ccc(Cl)cc2)cc1. The molecular formula is C23H23ClN2O. The number of hydrogen-bond donors (Lipinski definition) is 1. The van der Waals surface area contributed by atoms with Crippen LogP contribution in [0.4, 0.5) is 17.1 Å². The Bertz CT molecular complexity index is 875. The van der Waals surface area contributed by atoms with Crippen LogP contribution in [0.5, 0.6) is 0 Å². The number of nitrogens with one attached hydrogen (secondary N) is 1. The average Bonchev–Trinajstić information content (AvgIpc) is 2.66. The van der Waals surface area contributed by atoms with E-state index in [1.165, 1.54) is 0 Å². The molecule has 0 radical (unpaired) electrons. The van der Waals surface area contributed by atoms with Crippen molar-refractivity contribution >= 4 is 34.6 Å². The minimum absolute atomic E-state index is 0.0474. The zero-order valence-corrected chi connectivity index (χ0v) is 16.3. The summed E-state index contributed by atoms with van der Waals surface area (Å²) in [5.41, 5.74) is 3.96. The van der Waals surface area contributed by atoms with Crippen molar-refractivity contribution in [1.29, 1.82) is 0 Å². The molecule has 0 aliphatic rings. The van der Waals surface area contributed by atoms with Crippen molar-refractivity contribution < 1.29 is 4.79 Å². The van der Waals surface area contributed by atoms with Gasteiger partial charge >= 0.3 is 0 Å². The Hall–Kier alpha value is -2.78. The van der Waals surface area contributed by atoms with Crippen LogP contribution in [0.25, 0.3) is 0 Å². The van der Waals surface area contributed by atoms with Crippen LogP contribution >= 0.6 is 11.6 Å². The summed E-state index contributed by atoms with van der Waals surface area (Å²) < 4.78 is 0. The van der Waals surface area contributed by atoms with E-state index >= 15 is 0 Å². The Morgan fingerprint density at radius 3 is 2.07 bits per heavy atom. The number of rotatable bonds is 6. The summed E-state index contributed by atoms with van der Waals surface area (Å²) in [7, 11) is 0. The molecular weight excluding hydrogens is 356 g/mol. The lowest BCUT2D eigenvalue weighted by Crippen LogP contribution is -2.25. The molecule has 0 aliphatic heterocycles. The van der Waals surface area contributed by atoms with Gasteiger partial charge in [-0.25, -0.2) is 0 Å². The zero-order chi connectivity index (χ0) is 19.2. The molecule has 0 saturated heterocycles. The van der Waals surface area contributed by atoms with Crippen LogP contribution in [-0.4, -0.2) is 11.9 Å². The van der Waals surface area contributed by atoms with Gasteiger partial charge in [0.05, 0.1) is 6.42 Å². The second-order valence-electron chi connectivity index (χ2n) is 6.70. The third kappa shape index (κ3) is 5.11. The quantitative estimate of drug-likeness (QED) is 0.564. The van der Waals surface area contributed by atoms with Gasteiger partial charge in [0.2, 0.25) is 5.91 Å². The van der Waals surface area contributed by atoms with Crippen molar-refractivity contribution in [3.05, 3.63) is 89.4 Å². The lowest BCUT2D eigenvalue weighted by molar-refractivity contribution is -0.115. The number of carbonyl (C=O) groups is 1. The van der Waals surface area contributed by atoms with Crippen molar-refractivity contribution in [2.24, 2.45) is 0 Å². The van der Waals surface area contributed by atoms with Crippen LogP contribution in [0.2, 0.25) is 5.02 Å². The molecule has 0 fully saturated rings. The first-order valence-corrected chi connectivity index (χ1v) is 9.39. The Labute approximate surface area is 165 Å². The van der Waals surface area contributed by atoms with Crippen molar-refractivity contribution in [2.75, 3.05) is 10.2 Å². The molecule has 3 rings (SSSR count). The van der Waals surface area contributed by atoms with Crippen LogP contribution in [-0.2, 0) is 11.2 Å². The van der Waals surface area contributed by atoms with Gasteiger partial charge in [0.15, 0.2) is 0 Å². The Kier molecular flexibility index (Phi) is 6.15. The number of hydrogen-bond acceptors (Lipinski definition) is 2. The highest BCUT2D eigenvalue weighted by molar-refractivity contribution is 6.30. The molecule has 0 aromatic heterocycles. The first-order chi connectivity index (χ1) is 13.0. The number of anilines is 3. The van der Waals surface area contributed by atoms with Crippen molar-refractivity contribution in [3.8, 4) is 0 Å². The summed E-state index contributed by atoms with van der Waals surface area (Å²) in [6.07, 6.45) is 0.320. The fraction of sp³-hybridized carbons (Fsp3) is 0.174. The molecule has 0 saturated carbocycles. The minimum Gasteiger partial charge on any atom is -0.339 e. The third-order valence-corrected chi connectivity index (χ3v) is 4.51. The van der Waals surface area contributed by atoms with Crippen LogP contribution < -0.4 is 10.2 Å². The summed E-state index contributed by atoms with van der Waals surface area (Å²) >= 11 is 5.88. The van der Waals surface area contributed by atoms with Crippen LogP contribution in [0.15, 0.2) is 78.9 Å². The standard InChI is InChI=1S/C23H23ClN2O/c1-17(2)26(21-6-4-3-5-7-21)22-14-12-20(13-15-22)25-23(27)16-18-8-10-19(24)11-9-18/h3-15,17H,16H2,1-2H3,(H,25,27). The predicted molar refractivity (Wildman–Crippen MR) is 114 cm³/mol. The first kappa shape index (κ1) is 19.0. The largest absolute Gasteiger partial charge is 0.339 e. The van der Waals surface area contributed by atoms with Crippen LogP contribution in [0.1, 0.15) is 19.4 Å². The van der Waals surface area contributed by atoms with Crippen LogP contribution in [0.3, 0.4) is 0 Å². The topological polar surface area (TPSA) is 32.3 Å². The minimum atomic E-state index is -0.0474. The normalized spacial score (nSPS) is 10.7. The average molecular weight is 379 g/mol. The molecule has 0 heterocycles. The maximum Gasteiger partial charge on any atom is 0.228 e. The van der Waals surface area contributed by atoms with Gasteiger partial charge in [0, 0.05) is 28.1 Å². The summed E-state index contributed by atoms with van der Waals surface area (Å²) in [6.45, 7) is 4.32. The summed E-state index contributed by atoms with van der Waals surface area (Å²) in [4.78, 5) is 14.5. The van der Waals surface area contributed by atoms with Gasteiger partial charge in [-0.2, -0.15) is 0 Å². The van der Waals surface area contributed by atoms with Gasteiger partial charge in [0.1, 0.15) is 0 Å². The van der Waals surface area contributed by atoms with Gasteiger partial charge in [-0.15, -0.1) is 0 Å². The molecule has 0 unspecified atom stereocenters. The molecule has 0 bridgehead atoms. The van der Waals surface area contributed by atoms with E-state index in [2.05, 4.69) is 36.2 Å². The fourth-order valence-corrected chi connectivity index (χ4v) is 3.16. The van der Waals surface area contributed by atoms with Gasteiger partial charge < -0.3 is 10.2 Å². The maximum absolute atomic E-state index is 12.3. The van der Waals surface area contributed by atoms with E-state index < -0.39 is 0 Å². The number of para-hydroxylation sites is 1. The molecule has 3 aromatic rings. The lowest BCUT2D eigenvalue weighted by Gasteiger charge is -2.29. The maximum atomic E-state index is 12.3. The summed E-state index contributed by atoms with van der Waals surface area (Å²) in [5.74, 6) is -0.0474. The Balaban J connectivity index is 1.69. The number of halogens is 1. The second-order valence-corrected chi connectivity index (χ2v) is 7.13. The highest BCUT2D eigenvalue weighted by atomic mass is 35.5. The van der Waals surface area contributed by atoms with Crippen LogP contribution in [0, 0.1) is 0 Å². The molecule has 27 heavy (non-hydrogen) atoms. The van der Waals surface area contributed by atoms with E-state index in [9.17, 15) is 4.79 Å². The van der Waals surface area contributed by atoms with E-state index in [1.54, 1.807) is 12.1 Å². The molecule has 3 aromatic carbocycles. The smallest absolute Gasteiger partial charge is 0.228 e. The summed E-state index contributed by atoms with van der Waals surface area (Å²) in [6, 6.07) is 25.9. The van der Waals surface area contributed by atoms with E-state index in [-0.39, 0.29) is 5.91 Å². The summed E-state index contributed by atoms with van der Waals surface area (Å²) in [5, 5.41) is 3.62. The molecule has 0 aliphatic carbocycles. The van der Waals surface area contributed by atoms with E-state index in [4.69, 9.17) is 11.6 Å². The van der Waals surface area contributed by atoms with E-state index in [1.807, 2.05) is 54.6 Å². The Morgan fingerprint density at radius 1 is 0.889 bits per heavy atom. The number of amides is 1. The molecule has 4 heteroatoms. The van der Waals surface area contributed by atoms with Gasteiger partial charge in [-0.1, -0.05) is 41.9 Å². The number of carbonyl (C=O) groups excluding carboxylic acids is 1. The van der Waals surface area contributed by atoms with Gasteiger partial charge in [0.25, 0.3) is 0 Å². The van der Waals surface area contributed by atoms with E-state index in [0.717, 1.165) is 22.6 Å². The first-order valence-electron chi connectivity index (χ1n) is 9.01. The third-order valence-electron chi connectivity index (χ3n) is 4.26. The molecule has 1 N–H and O–H groups in total. The zero-order valence-electron chi connectivity index (χ0n) is 15.5. The molecule has 0 spiro atoms. The van der Waals surface area contributed by atoms with Gasteiger partial charge in [-0.3, -0.25) is 4.79 Å². The highest BCUT2D eigenvalue weighted by Gasteiger charge is 2.13. The Morgan fingerprint density at radius 2 is 1.48 bits per heavy atom. The monoisotopic (exact) mass is 378 g/mol. The lowest BCUT2D eigenvalue weighted by atomic mass is 10.1.